The maximum Gasteiger partial charge on any atom is 0.305 e. The Labute approximate surface area is 431 Å². The third kappa shape index (κ3) is 55.5. The molecule has 0 heterocycles. The van der Waals surface area contributed by atoms with E-state index in [4.69, 9.17) is 4.74 Å². The molecule has 0 saturated carbocycles. The zero-order valence-corrected chi connectivity index (χ0v) is 46.6. The number of carbonyl (C=O) groups excluding carboxylic acids is 2. The van der Waals surface area contributed by atoms with Crippen LogP contribution in [0.4, 0.5) is 0 Å². The van der Waals surface area contributed by atoms with Crippen LogP contribution in [0.15, 0.2) is 24.3 Å². The van der Waals surface area contributed by atoms with Crippen LogP contribution >= 0.6 is 0 Å². The summed E-state index contributed by atoms with van der Waals surface area (Å²) in [5.41, 5.74) is 0. The van der Waals surface area contributed by atoms with Gasteiger partial charge in [-0.15, -0.1) is 0 Å². The van der Waals surface area contributed by atoms with Crippen molar-refractivity contribution in [2.75, 3.05) is 13.2 Å². The molecule has 0 bridgehead atoms. The number of aliphatic hydroxyl groups is 2. The van der Waals surface area contributed by atoms with E-state index >= 15 is 0 Å². The summed E-state index contributed by atoms with van der Waals surface area (Å²) in [5, 5.41) is 23.4. The van der Waals surface area contributed by atoms with Crippen molar-refractivity contribution in [3.8, 4) is 0 Å². The maximum atomic E-state index is 12.5. The number of ether oxygens (including phenoxy) is 1. The van der Waals surface area contributed by atoms with Gasteiger partial charge in [0.2, 0.25) is 5.91 Å². The SMILES string of the molecule is CCCC/C=C\CCCCCCCC(=O)OCCCCCCCCCC/C=C\CCCCCCCCCC(=O)NC(CO)C(O)CCCCCCCCCCCCCCCCCCCCCCCC. The quantitative estimate of drug-likeness (QED) is 0.0321. The fraction of sp³-hybridized carbons (Fsp3) is 0.905. The molecule has 1 amide bonds. The van der Waals surface area contributed by atoms with E-state index in [9.17, 15) is 19.8 Å². The van der Waals surface area contributed by atoms with Crippen molar-refractivity contribution >= 4 is 11.9 Å². The van der Waals surface area contributed by atoms with Crippen molar-refractivity contribution in [2.24, 2.45) is 0 Å². The topological polar surface area (TPSA) is 95.9 Å². The number of allylic oxidation sites excluding steroid dienone is 4. The number of unbranched alkanes of at least 4 members (excludes halogenated alkanes) is 43. The smallest absolute Gasteiger partial charge is 0.305 e. The van der Waals surface area contributed by atoms with Crippen LogP contribution < -0.4 is 5.32 Å². The van der Waals surface area contributed by atoms with Crippen LogP contribution in [0.2, 0.25) is 0 Å². The second-order valence-corrected chi connectivity index (χ2v) is 21.4. The van der Waals surface area contributed by atoms with Crippen molar-refractivity contribution in [1.29, 1.82) is 0 Å². The first kappa shape index (κ1) is 67.3. The molecule has 0 saturated heterocycles. The van der Waals surface area contributed by atoms with Crippen LogP contribution in [-0.2, 0) is 14.3 Å². The van der Waals surface area contributed by atoms with Gasteiger partial charge in [0, 0.05) is 12.8 Å². The highest BCUT2D eigenvalue weighted by Gasteiger charge is 2.20. The Hall–Kier alpha value is -1.66. The molecule has 6 heteroatoms. The van der Waals surface area contributed by atoms with Gasteiger partial charge in [0.05, 0.1) is 25.4 Å². The molecule has 0 aromatic heterocycles. The third-order valence-electron chi connectivity index (χ3n) is 14.5. The minimum Gasteiger partial charge on any atom is -0.466 e. The molecule has 0 rings (SSSR count). The molecular formula is C63H121NO5. The second-order valence-electron chi connectivity index (χ2n) is 21.4. The van der Waals surface area contributed by atoms with Gasteiger partial charge in [-0.05, 0) is 70.6 Å². The number of esters is 1. The molecule has 0 aromatic rings. The minimum atomic E-state index is -0.671. The number of hydrogen-bond donors (Lipinski definition) is 3. The van der Waals surface area contributed by atoms with Crippen molar-refractivity contribution < 1.29 is 24.5 Å². The lowest BCUT2D eigenvalue weighted by Crippen LogP contribution is -2.45. The summed E-state index contributed by atoms with van der Waals surface area (Å²) in [6, 6.07) is -0.549. The van der Waals surface area contributed by atoms with Crippen molar-refractivity contribution in [3.63, 3.8) is 0 Å². The molecule has 69 heavy (non-hydrogen) atoms. The predicted molar refractivity (Wildman–Crippen MR) is 301 cm³/mol. The van der Waals surface area contributed by atoms with Crippen LogP contribution in [0.5, 0.6) is 0 Å². The van der Waals surface area contributed by atoms with E-state index in [1.807, 2.05) is 0 Å². The first-order valence-corrected chi connectivity index (χ1v) is 31.1. The summed E-state index contributed by atoms with van der Waals surface area (Å²) in [6.45, 7) is 4.92. The van der Waals surface area contributed by atoms with E-state index in [1.165, 1.54) is 263 Å². The van der Waals surface area contributed by atoms with Gasteiger partial charge in [-0.3, -0.25) is 9.59 Å². The lowest BCUT2D eigenvalue weighted by Gasteiger charge is -2.22. The molecule has 0 fully saturated rings. The zero-order valence-electron chi connectivity index (χ0n) is 46.6. The van der Waals surface area contributed by atoms with E-state index in [1.54, 1.807) is 0 Å². The summed E-state index contributed by atoms with van der Waals surface area (Å²) < 4.78 is 5.45. The molecule has 3 N–H and O–H groups in total. The number of amides is 1. The molecule has 0 aromatic carbocycles. The molecule has 0 aliphatic carbocycles. The van der Waals surface area contributed by atoms with E-state index in [0.29, 0.717) is 25.9 Å². The largest absolute Gasteiger partial charge is 0.466 e. The van der Waals surface area contributed by atoms with Crippen molar-refractivity contribution in [3.05, 3.63) is 24.3 Å². The van der Waals surface area contributed by atoms with Gasteiger partial charge in [0.15, 0.2) is 0 Å². The van der Waals surface area contributed by atoms with Crippen LogP contribution in [0.1, 0.15) is 341 Å². The average Bonchev–Trinajstić information content (AvgIpc) is 3.35. The van der Waals surface area contributed by atoms with Crippen molar-refractivity contribution in [2.45, 2.75) is 353 Å². The maximum absolute atomic E-state index is 12.5. The minimum absolute atomic E-state index is 0.00661. The number of hydrogen-bond acceptors (Lipinski definition) is 5. The number of nitrogens with one attached hydrogen (secondary N) is 1. The van der Waals surface area contributed by atoms with E-state index in [-0.39, 0.29) is 18.5 Å². The summed E-state index contributed by atoms with van der Waals surface area (Å²) in [5.74, 6) is -0.0481. The van der Waals surface area contributed by atoms with E-state index in [2.05, 4.69) is 43.5 Å². The van der Waals surface area contributed by atoms with Crippen LogP contribution in [0.3, 0.4) is 0 Å². The zero-order chi connectivity index (χ0) is 50.0. The van der Waals surface area contributed by atoms with Gasteiger partial charge >= 0.3 is 5.97 Å². The second kappa shape index (κ2) is 58.9. The van der Waals surface area contributed by atoms with Gasteiger partial charge in [0.1, 0.15) is 0 Å². The summed E-state index contributed by atoms with van der Waals surface area (Å²) in [4.78, 5) is 24.5. The molecule has 2 atom stereocenters. The highest BCUT2D eigenvalue weighted by molar-refractivity contribution is 5.76. The molecule has 0 aliphatic rings. The Kier molecular flexibility index (Phi) is 57.5. The third-order valence-corrected chi connectivity index (χ3v) is 14.5. The lowest BCUT2D eigenvalue weighted by molar-refractivity contribution is -0.143. The highest BCUT2D eigenvalue weighted by Crippen LogP contribution is 2.18. The molecule has 6 nitrogen and oxygen atoms in total. The van der Waals surface area contributed by atoms with Gasteiger partial charge in [-0.25, -0.2) is 0 Å². The Bertz CT molecular complexity index is 1080. The number of rotatable bonds is 58. The Morgan fingerprint density at radius 1 is 0.391 bits per heavy atom. The molecule has 2 unspecified atom stereocenters. The monoisotopic (exact) mass is 972 g/mol. The van der Waals surface area contributed by atoms with E-state index in [0.717, 1.165) is 44.9 Å². The van der Waals surface area contributed by atoms with Gasteiger partial charge in [-0.1, -0.05) is 282 Å². The Morgan fingerprint density at radius 3 is 1.07 bits per heavy atom. The normalized spacial score (nSPS) is 12.7. The standard InChI is InChI=1S/C63H121NO5/c1-3-5-7-9-11-13-15-16-17-18-19-20-21-23-26-29-32-36-39-43-47-51-55-61(66)60(59-65)64-62(67)56-52-48-44-40-37-33-30-27-24-22-25-28-31-34-38-42-46-50-54-58-69-63(68)57-53-49-45-41-35-14-12-10-8-6-4-2/h10,12,22,24,60-61,65-66H,3-9,11,13-21,23,25-59H2,1-2H3,(H,64,67)/b12-10-,24-22-. The number of aliphatic hydroxyl groups excluding tert-OH is 2. The van der Waals surface area contributed by atoms with Crippen LogP contribution in [0.25, 0.3) is 0 Å². The summed E-state index contributed by atoms with van der Waals surface area (Å²) in [7, 11) is 0. The van der Waals surface area contributed by atoms with Crippen LogP contribution in [0, 0.1) is 0 Å². The number of carbonyl (C=O) groups is 2. The first-order chi connectivity index (χ1) is 34.0. The van der Waals surface area contributed by atoms with E-state index < -0.39 is 12.1 Å². The predicted octanol–water partition coefficient (Wildman–Crippen LogP) is 19.4. The Morgan fingerprint density at radius 2 is 0.696 bits per heavy atom. The fourth-order valence-electron chi connectivity index (χ4n) is 9.68. The Balaban J connectivity index is 3.45. The van der Waals surface area contributed by atoms with Gasteiger partial charge in [0.25, 0.3) is 0 Å². The molecule has 408 valence electrons. The molecular weight excluding hydrogens is 851 g/mol. The van der Waals surface area contributed by atoms with Gasteiger partial charge in [-0.2, -0.15) is 0 Å². The van der Waals surface area contributed by atoms with Gasteiger partial charge < -0.3 is 20.3 Å². The lowest BCUT2D eigenvalue weighted by atomic mass is 10.0. The van der Waals surface area contributed by atoms with Crippen molar-refractivity contribution in [1.82, 2.24) is 5.32 Å². The molecule has 0 radical (unpaired) electrons. The summed E-state index contributed by atoms with van der Waals surface area (Å²) in [6.07, 6.45) is 71.8. The fourth-order valence-corrected chi connectivity index (χ4v) is 9.68. The van der Waals surface area contributed by atoms with Crippen LogP contribution in [-0.4, -0.2) is 47.4 Å². The average molecular weight is 973 g/mol. The molecule has 0 spiro atoms. The first-order valence-electron chi connectivity index (χ1n) is 31.1. The summed E-state index contributed by atoms with van der Waals surface area (Å²) >= 11 is 0. The molecule has 0 aliphatic heterocycles. The highest BCUT2D eigenvalue weighted by atomic mass is 16.5.